The lowest BCUT2D eigenvalue weighted by atomic mass is 9.94. The van der Waals surface area contributed by atoms with Crippen LogP contribution in [0.25, 0.3) is 0 Å². The highest BCUT2D eigenvalue weighted by molar-refractivity contribution is 5.30. The van der Waals surface area contributed by atoms with Crippen LogP contribution in [-0.4, -0.2) is 0 Å². The van der Waals surface area contributed by atoms with E-state index in [4.69, 9.17) is 5.26 Å². The van der Waals surface area contributed by atoms with Crippen molar-refractivity contribution in [1.29, 1.82) is 5.26 Å². The summed E-state index contributed by atoms with van der Waals surface area (Å²) in [6.07, 6.45) is 0.609. The molecule has 2 heteroatoms. The molecule has 1 nitrogen and oxygen atoms in total. The smallest absolute Gasteiger partial charge is 0.221 e. The third-order valence-electron chi connectivity index (χ3n) is 2.04. The minimum absolute atomic E-state index is 0.0681. The van der Waals surface area contributed by atoms with Crippen LogP contribution < -0.4 is 0 Å². The molecule has 0 aliphatic heterocycles. The van der Waals surface area contributed by atoms with E-state index < -0.39 is 5.67 Å². The molecule has 0 aromatic heterocycles. The van der Waals surface area contributed by atoms with Gasteiger partial charge in [-0.15, -0.1) is 5.92 Å². The molecule has 1 atom stereocenters. The minimum atomic E-state index is -1.98. The molecular formula is C13H12FN. The van der Waals surface area contributed by atoms with Crippen LogP contribution in [0.1, 0.15) is 25.3 Å². The summed E-state index contributed by atoms with van der Waals surface area (Å²) in [5.41, 5.74) is -1.61. The third-order valence-corrected chi connectivity index (χ3v) is 2.04. The molecule has 76 valence electrons. The van der Waals surface area contributed by atoms with Gasteiger partial charge in [-0.25, -0.2) is 4.39 Å². The summed E-state index contributed by atoms with van der Waals surface area (Å²) in [5, 5.41) is 8.85. The molecule has 0 amide bonds. The lowest BCUT2D eigenvalue weighted by Gasteiger charge is -2.14. The predicted octanol–water partition coefficient (Wildman–Crippen LogP) is 3.18. The van der Waals surface area contributed by atoms with Crippen molar-refractivity contribution in [3.05, 3.63) is 35.9 Å². The summed E-state index contributed by atoms with van der Waals surface area (Å²) in [7, 11) is 0. The molecular weight excluding hydrogens is 189 g/mol. The molecule has 0 fully saturated rings. The Hall–Kier alpha value is -1.80. The Morgan fingerprint density at radius 3 is 2.47 bits per heavy atom. The molecule has 0 aliphatic rings. The lowest BCUT2D eigenvalue weighted by Crippen LogP contribution is -2.16. The van der Waals surface area contributed by atoms with Crippen molar-refractivity contribution >= 4 is 0 Å². The number of benzene rings is 1. The first-order valence-electron chi connectivity index (χ1n) is 4.84. The van der Waals surface area contributed by atoms with E-state index in [2.05, 4.69) is 11.8 Å². The van der Waals surface area contributed by atoms with Crippen LogP contribution in [0.15, 0.2) is 30.3 Å². The first-order chi connectivity index (χ1) is 7.23. The van der Waals surface area contributed by atoms with E-state index in [9.17, 15) is 4.39 Å². The third kappa shape index (κ3) is 2.82. The van der Waals surface area contributed by atoms with Crippen LogP contribution in [-0.2, 0) is 5.67 Å². The quantitative estimate of drug-likeness (QED) is 0.674. The Morgan fingerprint density at radius 1 is 1.27 bits per heavy atom. The highest BCUT2D eigenvalue weighted by Gasteiger charge is 2.30. The van der Waals surface area contributed by atoms with Crippen molar-refractivity contribution in [3.63, 3.8) is 0 Å². The number of nitrogens with zero attached hydrogens (tertiary/aromatic N) is 1. The zero-order valence-electron chi connectivity index (χ0n) is 8.63. The molecule has 0 aliphatic carbocycles. The molecule has 15 heavy (non-hydrogen) atoms. The Morgan fingerprint density at radius 2 is 1.93 bits per heavy atom. The average Bonchev–Trinajstić information content (AvgIpc) is 2.30. The highest BCUT2D eigenvalue weighted by atomic mass is 19.1. The topological polar surface area (TPSA) is 23.8 Å². The van der Waals surface area contributed by atoms with Gasteiger partial charge < -0.3 is 0 Å². The van der Waals surface area contributed by atoms with E-state index in [1.165, 1.54) is 0 Å². The fourth-order valence-electron chi connectivity index (χ4n) is 1.22. The summed E-state index contributed by atoms with van der Waals surface area (Å²) < 4.78 is 14.1. The van der Waals surface area contributed by atoms with E-state index in [1.807, 2.05) is 6.92 Å². The number of rotatable bonds is 2. The van der Waals surface area contributed by atoms with Crippen LogP contribution in [0.4, 0.5) is 4.39 Å². The maximum atomic E-state index is 14.1. The van der Waals surface area contributed by atoms with Crippen molar-refractivity contribution in [2.24, 2.45) is 0 Å². The summed E-state index contributed by atoms with van der Waals surface area (Å²) in [6.45, 7) is 1.89. The largest absolute Gasteiger partial charge is 0.231 e. The van der Waals surface area contributed by atoms with E-state index in [-0.39, 0.29) is 6.42 Å². The molecule has 0 N–H and O–H groups in total. The molecule has 0 heterocycles. The summed E-state index contributed by atoms with van der Waals surface area (Å²) in [5.74, 6) is 5.44. The van der Waals surface area contributed by atoms with Crippen molar-refractivity contribution in [2.45, 2.75) is 25.4 Å². The van der Waals surface area contributed by atoms with Gasteiger partial charge in [0.15, 0.2) is 0 Å². The summed E-state index contributed by atoms with van der Waals surface area (Å²) in [4.78, 5) is 0. The Balaban J connectivity index is 2.92. The minimum Gasteiger partial charge on any atom is -0.221 e. The Kier molecular flexibility index (Phi) is 3.89. The van der Waals surface area contributed by atoms with Crippen LogP contribution >= 0.6 is 0 Å². The SMILES string of the molecule is CCC#CCC(F)(C#N)c1ccccc1. The molecule has 1 aromatic rings. The Labute approximate surface area is 89.5 Å². The van der Waals surface area contributed by atoms with Gasteiger partial charge in [0.05, 0.1) is 6.42 Å². The molecule has 1 unspecified atom stereocenters. The van der Waals surface area contributed by atoms with Crippen molar-refractivity contribution in [3.8, 4) is 17.9 Å². The van der Waals surface area contributed by atoms with Gasteiger partial charge in [-0.2, -0.15) is 5.26 Å². The summed E-state index contributed by atoms with van der Waals surface area (Å²) >= 11 is 0. The van der Waals surface area contributed by atoms with Gasteiger partial charge >= 0.3 is 0 Å². The Bertz CT molecular complexity index is 408. The van der Waals surface area contributed by atoms with Gasteiger partial charge in [0, 0.05) is 12.0 Å². The maximum absolute atomic E-state index is 14.1. The fraction of sp³-hybridized carbons (Fsp3) is 0.308. The first-order valence-corrected chi connectivity index (χ1v) is 4.84. The number of hydrogen-bond acceptors (Lipinski definition) is 1. The standard InChI is InChI=1S/C13H12FN/c1-2-3-7-10-13(14,11-15)12-8-5-4-6-9-12/h4-6,8-9H,2,10H2,1H3. The zero-order chi connectivity index (χ0) is 11.1. The van der Waals surface area contributed by atoms with Gasteiger partial charge in [-0.1, -0.05) is 43.2 Å². The fourth-order valence-corrected chi connectivity index (χ4v) is 1.22. The molecule has 0 spiro atoms. The first kappa shape index (κ1) is 11.3. The van der Waals surface area contributed by atoms with Gasteiger partial charge in [0.25, 0.3) is 0 Å². The lowest BCUT2D eigenvalue weighted by molar-refractivity contribution is 0.252. The number of nitriles is 1. The number of hydrogen-bond donors (Lipinski definition) is 0. The molecule has 1 rings (SSSR count). The highest BCUT2D eigenvalue weighted by Crippen LogP contribution is 2.28. The van der Waals surface area contributed by atoms with Gasteiger partial charge in [0.1, 0.15) is 6.07 Å². The van der Waals surface area contributed by atoms with Crippen molar-refractivity contribution in [1.82, 2.24) is 0 Å². The number of alkyl halides is 1. The van der Waals surface area contributed by atoms with E-state index in [1.54, 1.807) is 36.4 Å². The zero-order valence-corrected chi connectivity index (χ0v) is 8.63. The van der Waals surface area contributed by atoms with Gasteiger partial charge in [-0.3, -0.25) is 0 Å². The van der Waals surface area contributed by atoms with Crippen molar-refractivity contribution < 1.29 is 4.39 Å². The molecule has 0 radical (unpaired) electrons. The van der Waals surface area contributed by atoms with E-state index in [0.717, 1.165) is 0 Å². The molecule has 1 aromatic carbocycles. The van der Waals surface area contributed by atoms with E-state index >= 15 is 0 Å². The average molecular weight is 201 g/mol. The second-order valence-corrected chi connectivity index (χ2v) is 3.16. The van der Waals surface area contributed by atoms with E-state index in [0.29, 0.717) is 12.0 Å². The van der Waals surface area contributed by atoms with Crippen LogP contribution in [0.2, 0.25) is 0 Å². The summed E-state index contributed by atoms with van der Waals surface area (Å²) in [6, 6.07) is 10.1. The predicted molar refractivity (Wildman–Crippen MR) is 57.5 cm³/mol. The number of halogens is 1. The van der Waals surface area contributed by atoms with Gasteiger partial charge in [-0.05, 0) is 0 Å². The van der Waals surface area contributed by atoms with Crippen molar-refractivity contribution in [2.75, 3.05) is 0 Å². The van der Waals surface area contributed by atoms with Gasteiger partial charge in [0.2, 0.25) is 5.67 Å². The second kappa shape index (κ2) is 5.17. The molecule has 0 saturated heterocycles. The van der Waals surface area contributed by atoms with Crippen LogP contribution in [0.5, 0.6) is 0 Å². The monoisotopic (exact) mass is 201 g/mol. The van der Waals surface area contributed by atoms with Crippen LogP contribution in [0, 0.1) is 23.2 Å². The second-order valence-electron chi connectivity index (χ2n) is 3.16. The maximum Gasteiger partial charge on any atom is 0.231 e. The molecule has 0 saturated carbocycles. The normalized spacial score (nSPS) is 13.1. The molecule has 0 bridgehead atoms. The van der Waals surface area contributed by atoms with Crippen LogP contribution in [0.3, 0.4) is 0 Å².